The Bertz CT molecular complexity index is 1720. The Morgan fingerprint density at radius 1 is 0.778 bits per heavy atom. The van der Waals surface area contributed by atoms with Crippen LogP contribution in [0.1, 0.15) is 17.5 Å². The third-order valence-corrected chi connectivity index (χ3v) is 8.09. The van der Waals surface area contributed by atoms with E-state index < -0.39 is 6.09 Å². The highest BCUT2D eigenvalue weighted by Crippen LogP contribution is 2.33. The van der Waals surface area contributed by atoms with E-state index in [1.54, 1.807) is 12.3 Å². The van der Waals surface area contributed by atoms with Crippen LogP contribution >= 0.6 is 0 Å². The van der Waals surface area contributed by atoms with Gasteiger partial charge >= 0.3 is 6.09 Å². The minimum absolute atomic E-state index is 0.382. The van der Waals surface area contributed by atoms with E-state index in [0.29, 0.717) is 17.5 Å². The van der Waals surface area contributed by atoms with Crippen LogP contribution in [0, 0.1) is 13.8 Å². The molecular weight excluding hydrogens is 560 g/mol. The Kier molecular flexibility index (Phi) is 9.03. The molecule has 0 saturated carbocycles. The summed E-state index contributed by atoms with van der Waals surface area (Å²) in [5, 5.41) is 3.31. The number of para-hydroxylation sites is 1. The molecule has 0 atom stereocenters. The predicted octanol–water partition coefficient (Wildman–Crippen LogP) is 7.98. The maximum atomic E-state index is 13.9. The van der Waals surface area contributed by atoms with E-state index in [1.165, 1.54) is 10.6 Å². The summed E-state index contributed by atoms with van der Waals surface area (Å²) in [6, 6.07) is 33.6. The molecule has 1 aliphatic heterocycles. The van der Waals surface area contributed by atoms with Crippen LogP contribution in [0.5, 0.6) is 5.75 Å². The summed E-state index contributed by atoms with van der Waals surface area (Å²) >= 11 is 0. The molecule has 0 aliphatic carbocycles. The number of nitrogens with zero attached hydrogens (tertiary/aromatic N) is 5. The average molecular weight is 599 g/mol. The normalized spacial score (nSPS) is 13.6. The van der Waals surface area contributed by atoms with E-state index in [4.69, 9.17) is 9.72 Å². The van der Waals surface area contributed by atoms with Crippen LogP contribution in [0.3, 0.4) is 0 Å². The molecule has 0 bridgehead atoms. The first-order valence-corrected chi connectivity index (χ1v) is 15.3. The fraction of sp³-hybridized carbons (Fsp3) is 0.216. The van der Waals surface area contributed by atoms with Gasteiger partial charge in [-0.2, -0.15) is 4.98 Å². The number of nitrogens with one attached hydrogen (secondary N) is 1. The number of amides is 1. The van der Waals surface area contributed by atoms with Gasteiger partial charge in [0.1, 0.15) is 11.6 Å². The minimum Gasteiger partial charge on any atom is -0.410 e. The summed E-state index contributed by atoms with van der Waals surface area (Å²) in [5.41, 5.74) is 6.78. The Morgan fingerprint density at radius 3 is 2.22 bits per heavy atom. The molecule has 1 N–H and O–H groups in total. The second-order valence-electron chi connectivity index (χ2n) is 11.4. The van der Waals surface area contributed by atoms with Gasteiger partial charge in [-0.3, -0.25) is 0 Å². The third-order valence-electron chi connectivity index (χ3n) is 8.09. The lowest BCUT2D eigenvalue weighted by molar-refractivity contribution is 0.210. The van der Waals surface area contributed by atoms with Crippen molar-refractivity contribution in [2.45, 2.75) is 20.3 Å². The molecule has 2 heterocycles. The number of likely N-dealkylation sites (N-methyl/N-ethyl adjacent to an activating group) is 1. The summed E-state index contributed by atoms with van der Waals surface area (Å²) < 4.78 is 5.93. The predicted molar refractivity (Wildman–Crippen MR) is 182 cm³/mol. The van der Waals surface area contributed by atoms with E-state index in [0.717, 1.165) is 66.2 Å². The van der Waals surface area contributed by atoms with Crippen molar-refractivity contribution in [3.05, 3.63) is 120 Å². The molecule has 4 aromatic carbocycles. The second-order valence-corrected chi connectivity index (χ2v) is 11.4. The van der Waals surface area contributed by atoms with E-state index in [-0.39, 0.29) is 0 Å². The topological polar surface area (TPSA) is 73.8 Å². The first kappa shape index (κ1) is 29.8. The number of aromatic nitrogens is 2. The Hall–Kier alpha value is -5.21. The van der Waals surface area contributed by atoms with Gasteiger partial charge in [-0.25, -0.2) is 14.7 Å². The molecule has 1 aliphatic rings. The Labute approximate surface area is 264 Å². The van der Waals surface area contributed by atoms with Crippen molar-refractivity contribution in [1.29, 1.82) is 0 Å². The number of benzene rings is 4. The van der Waals surface area contributed by atoms with Crippen LogP contribution in [-0.4, -0.2) is 54.2 Å². The second kappa shape index (κ2) is 13.6. The van der Waals surface area contributed by atoms with Crippen LogP contribution in [0.15, 0.2) is 109 Å². The molecule has 8 heteroatoms. The van der Waals surface area contributed by atoms with E-state index in [2.05, 4.69) is 39.3 Å². The molecule has 0 unspecified atom stereocenters. The van der Waals surface area contributed by atoms with E-state index in [9.17, 15) is 4.79 Å². The molecule has 5 aromatic rings. The summed E-state index contributed by atoms with van der Waals surface area (Å²) in [7, 11) is 2.18. The summed E-state index contributed by atoms with van der Waals surface area (Å²) in [5.74, 6) is 1.23. The molecule has 1 aromatic heterocycles. The van der Waals surface area contributed by atoms with Crippen molar-refractivity contribution in [2.24, 2.45) is 0 Å². The number of anilines is 5. The van der Waals surface area contributed by atoms with Gasteiger partial charge in [0.05, 0.1) is 5.69 Å². The zero-order valence-corrected chi connectivity index (χ0v) is 26.0. The average Bonchev–Trinajstić information content (AvgIpc) is 3.28. The number of ether oxygens (including phenoxy) is 1. The number of rotatable bonds is 7. The molecule has 1 amide bonds. The Morgan fingerprint density at radius 2 is 1.49 bits per heavy atom. The lowest BCUT2D eigenvalue weighted by atomic mass is 10.1. The third kappa shape index (κ3) is 7.13. The molecule has 228 valence electrons. The van der Waals surface area contributed by atoms with Crippen LogP contribution in [0.4, 0.5) is 33.6 Å². The molecule has 1 saturated heterocycles. The lowest BCUT2D eigenvalue weighted by Crippen LogP contribution is -2.31. The van der Waals surface area contributed by atoms with Crippen LogP contribution in [0.25, 0.3) is 11.1 Å². The highest BCUT2D eigenvalue weighted by Gasteiger charge is 2.25. The van der Waals surface area contributed by atoms with E-state index in [1.807, 2.05) is 98.8 Å². The SMILES string of the molecule is Cc1cccc(C)c1N(C(=O)Oc1ccc(-c2ccccc2)cc1)c1ccnc(Nc2ccc(N3CCCN(C)CC3)cc2)n1. The quantitative estimate of drug-likeness (QED) is 0.204. The summed E-state index contributed by atoms with van der Waals surface area (Å²) in [6.45, 7) is 8.18. The minimum atomic E-state index is -0.558. The number of carbonyl (C=O) groups excluding carboxylic acids is 1. The number of aryl methyl sites for hydroxylation is 2. The van der Waals surface area contributed by atoms with Crippen LogP contribution in [0.2, 0.25) is 0 Å². The number of hydrogen-bond acceptors (Lipinski definition) is 7. The fourth-order valence-corrected chi connectivity index (χ4v) is 5.67. The van der Waals surface area contributed by atoms with Gasteiger partial charge in [-0.1, -0.05) is 60.7 Å². The fourth-order valence-electron chi connectivity index (χ4n) is 5.67. The summed E-state index contributed by atoms with van der Waals surface area (Å²) in [6.07, 6.45) is 2.24. The number of hydrogen-bond donors (Lipinski definition) is 1. The number of carbonyl (C=O) groups is 1. The van der Waals surface area contributed by atoms with Gasteiger partial charge < -0.3 is 19.9 Å². The molecule has 0 radical (unpaired) electrons. The molecule has 8 nitrogen and oxygen atoms in total. The monoisotopic (exact) mass is 598 g/mol. The van der Waals surface area contributed by atoms with Gasteiger partial charge in [-0.05, 0) is 92.5 Å². The molecule has 0 spiro atoms. The van der Waals surface area contributed by atoms with Gasteiger partial charge in [-0.15, -0.1) is 0 Å². The standard InChI is InChI=1S/C37H38N6O2/c1-27-9-7-10-28(2)35(27)43(37(44)45-33-19-13-30(14-20-33)29-11-5-4-6-12-29)34-21-22-38-36(40-34)39-31-15-17-32(18-16-31)42-24-8-23-41(3)25-26-42/h4-7,9-22H,8,23-26H2,1-3H3,(H,38,39,40). The smallest absolute Gasteiger partial charge is 0.410 e. The zero-order chi connectivity index (χ0) is 31.2. The van der Waals surface area contributed by atoms with Crippen LogP contribution in [-0.2, 0) is 0 Å². The van der Waals surface area contributed by atoms with Crippen molar-refractivity contribution in [1.82, 2.24) is 14.9 Å². The molecular formula is C37H38N6O2. The first-order chi connectivity index (χ1) is 21.9. The van der Waals surface area contributed by atoms with E-state index >= 15 is 0 Å². The van der Waals surface area contributed by atoms with Crippen LogP contribution < -0.4 is 19.9 Å². The van der Waals surface area contributed by atoms with Crippen molar-refractivity contribution < 1.29 is 9.53 Å². The summed E-state index contributed by atoms with van der Waals surface area (Å²) in [4.78, 5) is 29.4. The van der Waals surface area contributed by atoms with Crippen molar-refractivity contribution in [3.8, 4) is 16.9 Å². The maximum Gasteiger partial charge on any atom is 0.425 e. The highest BCUT2D eigenvalue weighted by atomic mass is 16.6. The highest BCUT2D eigenvalue weighted by molar-refractivity contribution is 5.98. The van der Waals surface area contributed by atoms with Gasteiger partial charge in [0, 0.05) is 43.3 Å². The van der Waals surface area contributed by atoms with Crippen molar-refractivity contribution in [3.63, 3.8) is 0 Å². The lowest BCUT2D eigenvalue weighted by Gasteiger charge is -2.25. The van der Waals surface area contributed by atoms with Gasteiger partial charge in [0.15, 0.2) is 0 Å². The Balaban J connectivity index is 1.24. The van der Waals surface area contributed by atoms with Gasteiger partial charge in [0.25, 0.3) is 0 Å². The first-order valence-electron chi connectivity index (χ1n) is 15.3. The zero-order valence-electron chi connectivity index (χ0n) is 26.0. The largest absolute Gasteiger partial charge is 0.425 e. The molecule has 45 heavy (non-hydrogen) atoms. The molecule has 6 rings (SSSR count). The van der Waals surface area contributed by atoms with Crippen molar-refractivity contribution >= 4 is 34.9 Å². The molecule has 1 fully saturated rings. The van der Waals surface area contributed by atoms with Crippen molar-refractivity contribution in [2.75, 3.05) is 48.3 Å². The van der Waals surface area contributed by atoms with Gasteiger partial charge in [0.2, 0.25) is 5.95 Å². The maximum absolute atomic E-state index is 13.9.